The second kappa shape index (κ2) is 7.76. The number of amides is 1. The zero-order valence-corrected chi connectivity index (χ0v) is 16.1. The van der Waals surface area contributed by atoms with Crippen LogP contribution in [0.1, 0.15) is 33.1 Å². The molecule has 1 aliphatic rings. The molecule has 1 amide bonds. The number of hydrogen-bond acceptors (Lipinski definition) is 3. The third-order valence-corrected chi connectivity index (χ3v) is 7.08. The first kappa shape index (κ1) is 18.9. The highest BCUT2D eigenvalue weighted by atomic mass is 32.2. The van der Waals surface area contributed by atoms with Crippen molar-refractivity contribution in [2.24, 2.45) is 5.92 Å². The molecule has 2 aromatic carbocycles. The third-order valence-electron chi connectivity index (χ3n) is 5.18. The van der Waals surface area contributed by atoms with Crippen LogP contribution in [0.5, 0.6) is 0 Å². The fraction of sp³-hybridized carbons (Fsp3) is 0.450. The molecule has 1 heterocycles. The fourth-order valence-electron chi connectivity index (χ4n) is 3.30. The van der Waals surface area contributed by atoms with Gasteiger partial charge in [-0.15, -0.1) is 0 Å². The Morgan fingerprint density at radius 1 is 1.15 bits per heavy atom. The first-order chi connectivity index (χ1) is 12.4. The maximum atomic E-state index is 13.0. The number of carbonyl (C=O) groups excluding carboxylic acids is 1. The first-order valence-corrected chi connectivity index (χ1v) is 10.6. The van der Waals surface area contributed by atoms with Gasteiger partial charge in [0.2, 0.25) is 15.9 Å². The fourth-order valence-corrected chi connectivity index (χ4v) is 4.80. The summed E-state index contributed by atoms with van der Waals surface area (Å²) in [5.41, 5.74) is 0. The number of fused-ring (bicyclic) bond motifs is 1. The molecule has 1 atom stereocenters. The average molecular weight is 375 g/mol. The molecule has 140 valence electrons. The van der Waals surface area contributed by atoms with Crippen LogP contribution in [0.25, 0.3) is 10.8 Å². The number of nitrogens with one attached hydrogen (secondary N) is 1. The molecule has 0 aromatic heterocycles. The van der Waals surface area contributed by atoms with E-state index < -0.39 is 10.0 Å². The van der Waals surface area contributed by atoms with Crippen LogP contribution in [0.4, 0.5) is 0 Å². The van der Waals surface area contributed by atoms with E-state index in [4.69, 9.17) is 0 Å². The Labute approximate surface area is 155 Å². The van der Waals surface area contributed by atoms with Crippen LogP contribution < -0.4 is 5.32 Å². The minimum absolute atomic E-state index is 0.0436. The molecule has 0 spiro atoms. The van der Waals surface area contributed by atoms with E-state index in [0.717, 1.165) is 17.2 Å². The van der Waals surface area contributed by atoms with Crippen molar-refractivity contribution in [3.8, 4) is 0 Å². The molecule has 6 heteroatoms. The molecular weight excluding hydrogens is 348 g/mol. The number of hydrogen-bond donors (Lipinski definition) is 1. The van der Waals surface area contributed by atoms with E-state index in [9.17, 15) is 13.2 Å². The van der Waals surface area contributed by atoms with Crippen LogP contribution in [0.2, 0.25) is 0 Å². The summed E-state index contributed by atoms with van der Waals surface area (Å²) in [6.07, 6.45) is 2.02. The summed E-state index contributed by atoms with van der Waals surface area (Å²) in [7, 11) is -3.53. The molecule has 0 saturated carbocycles. The Balaban J connectivity index is 1.70. The van der Waals surface area contributed by atoms with Crippen LogP contribution >= 0.6 is 0 Å². The topological polar surface area (TPSA) is 66.5 Å². The molecule has 3 rings (SSSR count). The summed E-state index contributed by atoms with van der Waals surface area (Å²) in [5, 5.41) is 4.93. The molecule has 1 N–H and O–H groups in total. The number of rotatable bonds is 5. The van der Waals surface area contributed by atoms with Gasteiger partial charge in [0.25, 0.3) is 0 Å². The average Bonchev–Trinajstić information content (AvgIpc) is 2.67. The molecule has 0 aliphatic carbocycles. The molecular formula is C20H26N2O3S. The van der Waals surface area contributed by atoms with E-state index in [1.54, 1.807) is 12.1 Å². The molecule has 0 bridgehead atoms. The monoisotopic (exact) mass is 374 g/mol. The number of benzene rings is 2. The van der Waals surface area contributed by atoms with Crippen molar-refractivity contribution in [3.63, 3.8) is 0 Å². The first-order valence-electron chi connectivity index (χ1n) is 9.21. The Bertz CT molecular complexity index is 887. The highest BCUT2D eigenvalue weighted by Crippen LogP contribution is 2.26. The van der Waals surface area contributed by atoms with E-state index in [1.165, 1.54) is 4.31 Å². The molecule has 0 radical (unpaired) electrons. The van der Waals surface area contributed by atoms with E-state index in [1.807, 2.05) is 44.2 Å². The second-order valence-corrected chi connectivity index (χ2v) is 8.94. The van der Waals surface area contributed by atoms with Crippen LogP contribution in [-0.2, 0) is 14.8 Å². The number of carbonyl (C=O) groups is 1. The summed E-state index contributed by atoms with van der Waals surface area (Å²) < 4.78 is 27.4. The highest BCUT2D eigenvalue weighted by Gasteiger charge is 2.32. The summed E-state index contributed by atoms with van der Waals surface area (Å²) in [6.45, 7) is 4.78. The van der Waals surface area contributed by atoms with Crippen molar-refractivity contribution < 1.29 is 13.2 Å². The molecule has 1 fully saturated rings. The molecule has 5 nitrogen and oxygen atoms in total. The van der Waals surface area contributed by atoms with Gasteiger partial charge in [-0.25, -0.2) is 8.42 Å². The SMILES string of the molecule is CC[C@@H](C)NC(=O)C1CCN(S(=O)(=O)c2ccc3ccccc3c2)CC1. The van der Waals surface area contributed by atoms with Crippen LogP contribution in [0.15, 0.2) is 47.4 Å². The van der Waals surface area contributed by atoms with Gasteiger partial charge < -0.3 is 5.32 Å². The Hall–Kier alpha value is -1.92. The highest BCUT2D eigenvalue weighted by molar-refractivity contribution is 7.89. The largest absolute Gasteiger partial charge is 0.353 e. The lowest BCUT2D eigenvalue weighted by atomic mass is 9.97. The Kier molecular flexibility index (Phi) is 5.63. The number of nitrogens with zero attached hydrogens (tertiary/aromatic N) is 1. The van der Waals surface area contributed by atoms with Gasteiger partial charge >= 0.3 is 0 Å². The van der Waals surface area contributed by atoms with Gasteiger partial charge in [-0.2, -0.15) is 4.31 Å². The second-order valence-electron chi connectivity index (χ2n) is 7.01. The van der Waals surface area contributed by atoms with Gasteiger partial charge in [0.1, 0.15) is 0 Å². The summed E-state index contributed by atoms with van der Waals surface area (Å²) in [6, 6.07) is 13.1. The number of piperidine rings is 1. The Morgan fingerprint density at radius 3 is 2.46 bits per heavy atom. The maximum absolute atomic E-state index is 13.0. The summed E-state index contributed by atoms with van der Waals surface area (Å²) in [5.74, 6) is -0.0610. The normalized spacial score (nSPS) is 17.9. The predicted octanol–water partition coefficient (Wildman–Crippen LogP) is 3.16. The lowest BCUT2D eigenvalue weighted by molar-refractivity contribution is -0.126. The van der Waals surface area contributed by atoms with E-state index in [-0.39, 0.29) is 17.9 Å². The summed E-state index contributed by atoms with van der Waals surface area (Å²) in [4.78, 5) is 12.6. The van der Waals surface area contributed by atoms with Gasteiger partial charge in [-0.1, -0.05) is 37.3 Å². The lowest BCUT2D eigenvalue weighted by Gasteiger charge is -2.31. The van der Waals surface area contributed by atoms with Crippen molar-refractivity contribution in [2.75, 3.05) is 13.1 Å². The van der Waals surface area contributed by atoms with Crippen LogP contribution in [0, 0.1) is 5.92 Å². The lowest BCUT2D eigenvalue weighted by Crippen LogP contribution is -2.44. The third kappa shape index (κ3) is 3.91. The standard InChI is InChI=1S/C20H26N2O3S/c1-3-15(2)21-20(23)17-10-12-22(13-11-17)26(24,25)19-9-8-16-6-4-5-7-18(16)14-19/h4-9,14-15,17H,3,10-13H2,1-2H3,(H,21,23)/t15-/m1/s1. The predicted molar refractivity (Wildman–Crippen MR) is 103 cm³/mol. The van der Waals surface area contributed by atoms with Crippen molar-refractivity contribution in [3.05, 3.63) is 42.5 Å². The minimum Gasteiger partial charge on any atom is -0.353 e. The quantitative estimate of drug-likeness (QED) is 0.874. The summed E-state index contributed by atoms with van der Waals surface area (Å²) >= 11 is 0. The van der Waals surface area contributed by atoms with E-state index in [2.05, 4.69) is 5.32 Å². The van der Waals surface area contributed by atoms with Gasteiger partial charge in [-0.3, -0.25) is 4.79 Å². The van der Waals surface area contributed by atoms with Crippen molar-refractivity contribution in [1.82, 2.24) is 9.62 Å². The van der Waals surface area contributed by atoms with E-state index >= 15 is 0 Å². The molecule has 26 heavy (non-hydrogen) atoms. The molecule has 1 aliphatic heterocycles. The molecule has 1 saturated heterocycles. The van der Waals surface area contributed by atoms with Crippen molar-refractivity contribution >= 4 is 26.7 Å². The smallest absolute Gasteiger partial charge is 0.243 e. The van der Waals surface area contributed by atoms with Gasteiger partial charge in [0, 0.05) is 25.0 Å². The van der Waals surface area contributed by atoms with Crippen molar-refractivity contribution in [1.29, 1.82) is 0 Å². The molecule has 2 aromatic rings. The maximum Gasteiger partial charge on any atom is 0.243 e. The van der Waals surface area contributed by atoms with Crippen LogP contribution in [0.3, 0.4) is 0 Å². The van der Waals surface area contributed by atoms with Gasteiger partial charge in [-0.05, 0) is 49.1 Å². The molecule has 0 unspecified atom stereocenters. The number of sulfonamides is 1. The van der Waals surface area contributed by atoms with Gasteiger partial charge in [0.05, 0.1) is 4.90 Å². The van der Waals surface area contributed by atoms with Crippen molar-refractivity contribution in [2.45, 2.75) is 44.0 Å². The zero-order valence-electron chi connectivity index (χ0n) is 15.3. The zero-order chi connectivity index (χ0) is 18.7. The Morgan fingerprint density at radius 2 is 1.81 bits per heavy atom. The minimum atomic E-state index is -3.53. The van der Waals surface area contributed by atoms with E-state index in [0.29, 0.717) is 30.8 Å². The van der Waals surface area contributed by atoms with Crippen LogP contribution in [-0.4, -0.2) is 37.8 Å². The van der Waals surface area contributed by atoms with Gasteiger partial charge in [0.15, 0.2) is 0 Å².